The molecular weight excluding hydrogens is 338 g/mol. The van der Waals surface area contributed by atoms with Crippen molar-refractivity contribution in [1.29, 1.82) is 0 Å². The molecule has 1 heterocycles. The van der Waals surface area contributed by atoms with Gasteiger partial charge in [-0.05, 0) is 24.3 Å². The van der Waals surface area contributed by atoms with E-state index < -0.39 is 10.8 Å². The third-order valence-electron chi connectivity index (χ3n) is 4.23. The number of ether oxygens (including phenoxy) is 1. The van der Waals surface area contributed by atoms with Crippen molar-refractivity contribution < 1.29 is 19.2 Å². The van der Waals surface area contributed by atoms with Gasteiger partial charge in [0.1, 0.15) is 5.75 Å². The minimum Gasteiger partial charge on any atom is -0.495 e. The molecule has 0 aliphatic carbocycles. The second kappa shape index (κ2) is 7.22. The highest BCUT2D eigenvalue weighted by atomic mass is 16.6. The van der Waals surface area contributed by atoms with Gasteiger partial charge in [0.25, 0.3) is 5.69 Å². The average Bonchev–Trinajstić information content (AvgIpc) is 3.04. The minimum absolute atomic E-state index is 0.0501. The molecule has 2 aromatic rings. The van der Waals surface area contributed by atoms with E-state index in [1.165, 1.54) is 36.3 Å². The lowest BCUT2D eigenvalue weighted by atomic mass is 10.1. The molecule has 2 amide bonds. The fourth-order valence-corrected chi connectivity index (χ4v) is 2.87. The van der Waals surface area contributed by atoms with Crippen molar-refractivity contribution >= 4 is 28.9 Å². The summed E-state index contributed by atoms with van der Waals surface area (Å²) in [7, 11) is 1.51. The van der Waals surface area contributed by atoms with Crippen molar-refractivity contribution in [3.8, 4) is 5.75 Å². The maximum Gasteiger partial charge on any atom is 0.269 e. The highest BCUT2D eigenvalue weighted by Crippen LogP contribution is 2.29. The molecule has 26 heavy (non-hydrogen) atoms. The molecule has 0 radical (unpaired) electrons. The van der Waals surface area contributed by atoms with Crippen LogP contribution in [0.25, 0.3) is 0 Å². The number of nitro benzene ring substituents is 1. The summed E-state index contributed by atoms with van der Waals surface area (Å²) < 4.78 is 5.20. The van der Waals surface area contributed by atoms with Crippen molar-refractivity contribution in [2.24, 2.45) is 5.92 Å². The van der Waals surface area contributed by atoms with Crippen LogP contribution in [0.2, 0.25) is 0 Å². The minimum atomic E-state index is -0.511. The number of carbonyl (C=O) groups is 2. The van der Waals surface area contributed by atoms with Crippen LogP contribution in [0.1, 0.15) is 6.42 Å². The van der Waals surface area contributed by atoms with Gasteiger partial charge < -0.3 is 15.0 Å². The number of methoxy groups -OCH3 is 1. The number of hydrogen-bond acceptors (Lipinski definition) is 5. The summed E-state index contributed by atoms with van der Waals surface area (Å²) in [4.78, 5) is 36.5. The predicted molar refractivity (Wildman–Crippen MR) is 95.2 cm³/mol. The maximum absolute atomic E-state index is 12.5. The molecule has 1 aliphatic heterocycles. The summed E-state index contributed by atoms with van der Waals surface area (Å²) in [6, 6.07) is 12.7. The van der Waals surface area contributed by atoms with Crippen molar-refractivity contribution in [1.82, 2.24) is 0 Å². The van der Waals surface area contributed by atoms with Crippen LogP contribution in [-0.4, -0.2) is 30.4 Å². The van der Waals surface area contributed by atoms with Gasteiger partial charge in [-0.3, -0.25) is 19.7 Å². The van der Waals surface area contributed by atoms with E-state index in [0.717, 1.165) is 0 Å². The largest absolute Gasteiger partial charge is 0.495 e. The molecule has 0 spiro atoms. The lowest BCUT2D eigenvalue weighted by Crippen LogP contribution is -2.28. The molecule has 3 rings (SSSR count). The van der Waals surface area contributed by atoms with E-state index in [9.17, 15) is 19.7 Å². The molecule has 0 unspecified atom stereocenters. The summed E-state index contributed by atoms with van der Waals surface area (Å²) in [5.41, 5.74) is 1.03. The normalized spacial score (nSPS) is 16.4. The summed E-state index contributed by atoms with van der Waals surface area (Å²) >= 11 is 0. The van der Waals surface area contributed by atoms with E-state index in [4.69, 9.17) is 4.74 Å². The summed E-state index contributed by atoms with van der Waals surface area (Å²) in [5.74, 6) is -0.439. The SMILES string of the molecule is COc1ccccc1NC(=O)[C@H]1CC(=O)N(c2ccc([N+](=O)[O-])cc2)C1. The second-order valence-electron chi connectivity index (χ2n) is 5.87. The topological polar surface area (TPSA) is 102 Å². The summed E-state index contributed by atoms with van der Waals surface area (Å²) in [5, 5.41) is 13.5. The number of amides is 2. The number of carbonyl (C=O) groups excluding carboxylic acids is 2. The van der Waals surface area contributed by atoms with Crippen molar-refractivity contribution in [3.63, 3.8) is 0 Å². The predicted octanol–water partition coefficient (Wildman–Crippen LogP) is 2.60. The Morgan fingerprint density at radius 1 is 1.23 bits per heavy atom. The Morgan fingerprint density at radius 2 is 1.92 bits per heavy atom. The smallest absolute Gasteiger partial charge is 0.269 e. The number of rotatable bonds is 5. The van der Waals surface area contributed by atoms with Gasteiger partial charge in [0.05, 0.1) is 23.6 Å². The number of non-ortho nitro benzene ring substituents is 1. The fourth-order valence-electron chi connectivity index (χ4n) is 2.87. The number of anilines is 2. The molecule has 0 aromatic heterocycles. The molecule has 0 bridgehead atoms. The quantitative estimate of drug-likeness (QED) is 0.656. The third-order valence-corrected chi connectivity index (χ3v) is 4.23. The van der Waals surface area contributed by atoms with Crippen LogP contribution in [0.15, 0.2) is 48.5 Å². The first-order valence-corrected chi connectivity index (χ1v) is 7.98. The van der Waals surface area contributed by atoms with E-state index >= 15 is 0 Å². The number of benzene rings is 2. The monoisotopic (exact) mass is 355 g/mol. The zero-order valence-electron chi connectivity index (χ0n) is 14.0. The zero-order chi connectivity index (χ0) is 18.7. The highest BCUT2D eigenvalue weighted by Gasteiger charge is 2.35. The number of nitrogens with zero attached hydrogens (tertiary/aromatic N) is 2. The van der Waals surface area contributed by atoms with Crippen LogP contribution in [0, 0.1) is 16.0 Å². The van der Waals surface area contributed by atoms with Gasteiger partial charge >= 0.3 is 0 Å². The number of nitrogens with one attached hydrogen (secondary N) is 1. The first-order valence-electron chi connectivity index (χ1n) is 7.98. The maximum atomic E-state index is 12.5. The standard InChI is InChI=1S/C18H17N3O5/c1-26-16-5-3-2-4-15(16)19-18(23)12-10-17(22)20(11-12)13-6-8-14(9-7-13)21(24)25/h2-9,12H,10-11H2,1H3,(H,19,23)/t12-/m0/s1. The van der Waals surface area contributed by atoms with Crippen molar-refractivity contribution in [3.05, 3.63) is 58.6 Å². The van der Waals surface area contributed by atoms with E-state index in [1.807, 2.05) is 0 Å². The first kappa shape index (κ1) is 17.4. The Kier molecular flexibility index (Phi) is 4.83. The lowest BCUT2D eigenvalue weighted by molar-refractivity contribution is -0.384. The number of hydrogen-bond donors (Lipinski definition) is 1. The molecule has 1 N–H and O–H groups in total. The Hall–Kier alpha value is -3.42. The van der Waals surface area contributed by atoms with Gasteiger partial charge in [-0.2, -0.15) is 0 Å². The van der Waals surface area contributed by atoms with Crippen molar-refractivity contribution in [2.75, 3.05) is 23.9 Å². The molecule has 1 fully saturated rings. The molecule has 0 saturated carbocycles. The van der Waals surface area contributed by atoms with E-state index in [1.54, 1.807) is 24.3 Å². The van der Waals surface area contributed by atoms with E-state index in [2.05, 4.69) is 5.32 Å². The van der Waals surface area contributed by atoms with Crippen LogP contribution in [0.3, 0.4) is 0 Å². The highest BCUT2D eigenvalue weighted by molar-refractivity contribution is 6.03. The zero-order valence-corrected chi connectivity index (χ0v) is 14.0. The Morgan fingerprint density at radius 3 is 2.58 bits per heavy atom. The molecule has 8 heteroatoms. The summed E-state index contributed by atoms with van der Waals surface area (Å²) in [6.45, 7) is 0.220. The first-order chi connectivity index (χ1) is 12.5. The lowest BCUT2D eigenvalue weighted by Gasteiger charge is -2.17. The van der Waals surface area contributed by atoms with Crippen LogP contribution >= 0.6 is 0 Å². The van der Waals surface area contributed by atoms with Gasteiger partial charge in [0.2, 0.25) is 11.8 Å². The molecule has 1 aliphatic rings. The molecule has 134 valence electrons. The second-order valence-corrected chi connectivity index (χ2v) is 5.87. The fraction of sp³-hybridized carbons (Fsp3) is 0.222. The Bertz CT molecular complexity index is 850. The Balaban J connectivity index is 1.70. The average molecular weight is 355 g/mol. The van der Waals surface area contributed by atoms with E-state index in [0.29, 0.717) is 17.1 Å². The molecule has 8 nitrogen and oxygen atoms in total. The van der Waals surface area contributed by atoms with Gasteiger partial charge in [-0.15, -0.1) is 0 Å². The van der Waals surface area contributed by atoms with Gasteiger partial charge in [0.15, 0.2) is 0 Å². The number of nitro groups is 1. The molecule has 1 saturated heterocycles. The summed E-state index contributed by atoms with van der Waals surface area (Å²) in [6.07, 6.45) is 0.0813. The van der Waals surface area contributed by atoms with Gasteiger partial charge in [-0.25, -0.2) is 0 Å². The van der Waals surface area contributed by atoms with Crippen molar-refractivity contribution in [2.45, 2.75) is 6.42 Å². The van der Waals surface area contributed by atoms with Gasteiger partial charge in [0, 0.05) is 30.8 Å². The van der Waals surface area contributed by atoms with Crippen LogP contribution < -0.4 is 15.0 Å². The van der Waals surface area contributed by atoms with Crippen LogP contribution in [0.5, 0.6) is 5.75 Å². The molecule has 1 atom stereocenters. The Labute approximate surface area is 149 Å². The van der Waals surface area contributed by atoms with E-state index in [-0.39, 0.29) is 30.5 Å². The molecule has 2 aromatic carbocycles. The third kappa shape index (κ3) is 3.49. The van der Waals surface area contributed by atoms with Crippen LogP contribution in [0.4, 0.5) is 17.1 Å². The van der Waals surface area contributed by atoms with Gasteiger partial charge in [-0.1, -0.05) is 12.1 Å². The molecular formula is C18H17N3O5. The number of para-hydroxylation sites is 2. The van der Waals surface area contributed by atoms with Crippen LogP contribution in [-0.2, 0) is 9.59 Å².